The highest BCUT2D eigenvalue weighted by molar-refractivity contribution is 5.91. The average molecular weight is 515 g/mol. The Balaban J connectivity index is 1.17. The first kappa shape index (κ1) is 24.1. The molecule has 6 nitrogen and oxygen atoms in total. The van der Waals surface area contributed by atoms with Gasteiger partial charge in [0.25, 0.3) is 0 Å². The van der Waals surface area contributed by atoms with E-state index in [-0.39, 0.29) is 0 Å². The Morgan fingerprint density at radius 1 is 0.795 bits per heavy atom. The summed E-state index contributed by atoms with van der Waals surface area (Å²) in [5.41, 5.74) is 8.91. The first-order valence-electron chi connectivity index (χ1n) is 14.1. The van der Waals surface area contributed by atoms with Gasteiger partial charge in [0, 0.05) is 16.8 Å². The minimum absolute atomic E-state index is 0.321. The third kappa shape index (κ3) is 4.50. The maximum absolute atomic E-state index is 4.99. The van der Waals surface area contributed by atoms with E-state index in [4.69, 9.17) is 4.98 Å². The summed E-state index contributed by atoms with van der Waals surface area (Å²) < 4.78 is 0. The Labute approximate surface area is 229 Å². The van der Waals surface area contributed by atoms with Crippen molar-refractivity contribution < 1.29 is 0 Å². The van der Waals surface area contributed by atoms with Crippen LogP contribution in [0.2, 0.25) is 0 Å². The summed E-state index contributed by atoms with van der Waals surface area (Å²) in [5.74, 6) is 2.07. The maximum Gasteiger partial charge on any atom is 0.124 e. The van der Waals surface area contributed by atoms with Crippen LogP contribution in [-0.4, -0.2) is 33.0 Å². The lowest BCUT2D eigenvalue weighted by atomic mass is 9.95. The summed E-state index contributed by atoms with van der Waals surface area (Å²) in [7, 11) is 0. The lowest BCUT2D eigenvalue weighted by Gasteiger charge is -2.10. The largest absolute Gasteiger partial charge is 0.344 e. The molecule has 2 aliphatic heterocycles. The highest BCUT2D eigenvalue weighted by Gasteiger charge is 2.22. The molecule has 2 saturated heterocycles. The molecule has 0 spiro atoms. The van der Waals surface area contributed by atoms with E-state index >= 15 is 0 Å². The molecule has 2 atom stereocenters. The molecule has 196 valence electrons. The molecule has 0 saturated carbocycles. The summed E-state index contributed by atoms with van der Waals surface area (Å²) in [4.78, 5) is 16.7. The van der Waals surface area contributed by atoms with Gasteiger partial charge in [-0.2, -0.15) is 0 Å². The fourth-order valence-electron chi connectivity index (χ4n) is 6.13. The lowest BCUT2D eigenvalue weighted by Crippen LogP contribution is -2.14. The molecule has 0 radical (unpaired) electrons. The minimum atomic E-state index is 0.321. The monoisotopic (exact) mass is 514 g/mol. The third-order valence-corrected chi connectivity index (χ3v) is 8.29. The summed E-state index contributed by atoms with van der Waals surface area (Å²) in [5, 5.41) is 9.49. The van der Waals surface area contributed by atoms with Crippen LogP contribution in [-0.2, 0) is 0 Å². The van der Waals surface area contributed by atoms with Gasteiger partial charge in [-0.1, -0.05) is 49.1 Å². The number of aryl methyl sites for hydroxylation is 1. The topological polar surface area (TPSA) is 81.4 Å². The van der Waals surface area contributed by atoms with Crippen molar-refractivity contribution in [2.24, 2.45) is 0 Å². The Morgan fingerprint density at radius 2 is 1.46 bits per heavy atom. The number of aromatic nitrogens is 4. The molecular formula is C33H34N6. The second-order valence-electron chi connectivity index (χ2n) is 10.9. The Bertz CT molecular complexity index is 1660. The van der Waals surface area contributed by atoms with Gasteiger partial charge < -0.3 is 20.6 Å². The summed E-state index contributed by atoms with van der Waals surface area (Å²) in [6.07, 6.45) is 8.57. The Hall–Kier alpha value is -4.00. The first-order chi connectivity index (χ1) is 19.2. The number of imidazole rings is 2. The fourth-order valence-corrected chi connectivity index (χ4v) is 6.13. The van der Waals surface area contributed by atoms with Crippen molar-refractivity contribution in [3.63, 3.8) is 0 Å². The van der Waals surface area contributed by atoms with E-state index in [1.54, 1.807) is 0 Å². The Morgan fingerprint density at radius 3 is 2.18 bits per heavy atom. The van der Waals surface area contributed by atoms with Gasteiger partial charge >= 0.3 is 0 Å². The zero-order valence-corrected chi connectivity index (χ0v) is 22.3. The van der Waals surface area contributed by atoms with Crippen LogP contribution in [0.15, 0.2) is 67.4 Å². The second-order valence-corrected chi connectivity index (χ2v) is 10.9. The van der Waals surface area contributed by atoms with E-state index in [9.17, 15) is 0 Å². The molecule has 4 N–H and O–H groups in total. The first-order valence-corrected chi connectivity index (χ1v) is 14.1. The van der Waals surface area contributed by atoms with Crippen molar-refractivity contribution in [2.75, 3.05) is 13.1 Å². The summed E-state index contributed by atoms with van der Waals surface area (Å²) >= 11 is 0. The van der Waals surface area contributed by atoms with Crippen LogP contribution in [0, 0.1) is 6.92 Å². The molecule has 2 aliphatic rings. The molecule has 0 amide bonds. The highest BCUT2D eigenvalue weighted by Crippen LogP contribution is 2.34. The predicted octanol–water partition coefficient (Wildman–Crippen LogP) is 7.09. The maximum atomic E-state index is 4.99. The molecule has 5 aromatic rings. The lowest BCUT2D eigenvalue weighted by molar-refractivity contribution is 0.612. The number of aromatic amines is 2. The number of nitrogens with zero attached hydrogens (tertiary/aromatic N) is 2. The molecule has 0 unspecified atom stereocenters. The van der Waals surface area contributed by atoms with E-state index in [1.165, 1.54) is 34.7 Å². The molecular weight excluding hydrogens is 480 g/mol. The number of rotatable bonds is 6. The van der Waals surface area contributed by atoms with Crippen LogP contribution in [0.4, 0.5) is 0 Å². The molecule has 0 aliphatic carbocycles. The average Bonchev–Trinajstić information content (AvgIpc) is 3.79. The molecule has 3 aromatic carbocycles. The van der Waals surface area contributed by atoms with Crippen LogP contribution in [0.5, 0.6) is 0 Å². The van der Waals surface area contributed by atoms with Gasteiger partial charge in [-0.3, -0.25) is 0 Å². The van der Waals surface area contributed by atoms with Crippen molar-refractivity contribution in [1.82, 2.24) is 30.6 Å². The zero-order valence-electron chi connectivity index (χ0n) is 22.3. The smallest absolute Gasteiger partial charge is 0.124 e. The van der Waals surface area contributed by atoms with Crippen molar-refractivity contribution in [1.29, 1.82) is 0 Å². The van der Waals surface area contributed by atoms with Crippen molar-refractivity contribution in [3.05, 3.63) is 90.3 Å². The van der Waals surface area contributed by atoms with Crippen LogP contribution < -0.4 is 10.6 Å². The molecule has 0 bridgehead atoms. The molecule has 2 aromatic heterocycles. The van der Waals surface area contributed by atoms with E-state index in [0.717, 1.165) is 71.4 Å². The number of H-pyrrole nitrogens is 2. The second kappa shape index (κ2) is 9.95. The van der Waals surface area contributed by atoms with E-state index in [0.29, 0.717) is 12.1 Å². The normalized spacial score (nSPS) is 19.2. The number of hydrogen-bond donors (Lipinski definition) is 4. The van der Waals surface area contributed by atoms with Gasteiger partial charge in [-0.15, -0.1) is 0 Å². The molecule has 2 fully saturated rings. The van der Waals surface area contributed by atoms with Crippen molar-refractivity contribution in [2.45, 2.75) is 44.7 Å². The van der Waals surface area contributed by atoms with Gasteiger partial charge in [0.2, 0.25) is 0 Å². The van der Waals surface area contributed by atoms with Gasteiger partial charge in [0.05, 0.1) is 29.7 Å². The standard InChI is InChI=1S/C33H34N6/c1-3-21-16-25(12-13-27(21)31-20(2)37-33(39-31)29-7-5-15-35-29)22-8-9-24-18-26(11-10-23(24)17-22)30-19-36-32(38-30)28-6-4-14-34-28/h3,8-13,16-19,28-29,34-35H,1,4-7,14-15H2,2H3,(H,36,38)(H,37,39)/t28-,29-/m0/s1. The number of hydrogen-bond acceptors (Lipinski definition) is 4. The van der Waals surface area contributed by atoms with E-state index < -0.39 is 0 Å². The number of benzene rings is 3. The van der Waals surface area contributed by atoms with E-state index in [2.05, 4.69) is 93.7 Å². The Kier molecular flexibility index (Phi) is 6.14. The molecule has 4 heterocycles. The molecule has 39 heavy (non-hydrogen) atoms. The number of fused-ring (bicyclic) bond motifs is 1. The van der Waals surface area contributed by atoms with Gasteiger partial charge in [0.15, 0.2) is 0 Å². The van der Waals surface area contributed by atoms with Gasteiger partial charge in [0.1, 0.15) is 11.6 Å². The van der Waals surface area contributed by atoms with E-state index in [1.807, 2.05) is 12.3 Å². The summed E-state index contributed by atoms with van der Waals surface area (Å²) in [6.45, 7) is 8.35. The highest BCUT2D eigenvalue weighted by atomic mass is 15.0. The van der Waals surface area contributed by atoms with Crippen LogP contribution in [0.1, 0.15) is 60.7 Å². The predicted molar refractivity (Wildman–Crippen MR) is 159 cm³/mol. The van der Waals surface area contributed by atoms with Crippen molar-refractivity contribution in [3.8, 4) is 33.6 Å². The van der Waals surface area contributed by atoms with Crippen LogP contribution >= 0.6 is 0 Å². The van der Waals surface area contributed by atoms with Crippen molar-refractivity contribution >= 4 is 16.8 Å². The minimum Gasteiger partial charge on any atom is -0.344 e. The third-order valence-electron chi connectivity index (χ3n) is 8.29. The van der Waals surface area contributed by atoms with Crippen LogP contribution in [0.25, 0.3) is 50.5 Å². The number of nitrogens with one attached hydrogen (secondary N) is 4. The molecule has 7 rings (SSSR count). The summed E-state index contributed by atoms with van der Waals surface area (Å²) in [6, 6.07) is 20.6. The zero-order chi connectivity index (χ0) is 26.3. The fraction of sp³-hybridized carbons (Fsp3) is 0.273. The van der Waals surface area contributed by atoms with Gasteiger partial charge in [-0.05, 0) is 91.4 Å². The quantitative estimate of drug-likeness (QED) is 0.195. The SMILES string of the molecule is C=Cc1cc(-c2ccc3cc(-c4cnc([C@@H]5CCCN5)[nH]4)ccc3c2)ccc1-c1nc([C@@H]2CCCN2)[nH]c1C. The molecule has 6 heteroatoms. The van der Waals surface area contributed by atoms with Crippen LogP contribution in [0.3, 0.4) is 0 Å². The van der Waals surface area contributed by atoms with Gasteiger partial charge in [-0.25, -0.2) is 9.97 Å².